The molecule has 278 valence electrons. The lowest BCUT2D eigenvalue weighted by Crippen LogP contribution is -2.37. The fourth-order valence-electron chi connectivity index (χ4n) is 5.97. The van der Waals surface area contributed by atoms with Crippen LogP contribution in [0.4, 0.5) is 9.59 Å². The van der Waals surface area contributed by atoms with E-state index >= 15 is 0 Å². The lowest BCUT2D eigenvalue weighted by Gasteiger charge is -2.21. The smallest absolute Gasteiger partial charge is 0.407 e. The molecule has 1 saturated carbocycles. The van der Waals surface area contributed by atoms with Crippen molar-refractivity contribution in [2.24, 2.45) is 17.8 Å². The number of likely N-dealkylation sites (tertiary alicyclic amines) is 1. The number of piperidine rings is 1. The summed E-state index contributed by atoms with van der Waals surface area (Å²) in [5.41, 5.74) is 1.22. The maximum Gasteiger partial charge on any atom is 0.407 e. The predicted octanol–water partition coefficient (Wildman–Crippen LogP) is 5.08. The molecule has 2 N–H and O–H groups in total. The molecule has 1 aliphatic carbocycles. The van der Waals surface area contributed by atoms with E-state index in [1.54, 1.807) is 60.9 Å². The summed E-state index contributed by atoms with van der Waals surface area (Å²) in [6.45, 7) is 14.5. The third-order valence-electron chi connectivity index (χ3n) is 8.41. The average molecular weight is 717 g/mol. The molecule has 0 spiro atoms. The largest absolute Gasteiger partial charge is 0.454 e. The van der Waals surface area contributed by atoms with Crippen LogP contribution < -0.4 is 10.6 Å². The molecule has 5 rings (SSSR count). The molecule has 14 heteroatoms. The van der Waals surface area contributed by atoms with Gasteiger partial charge in [0.25, 0.3) is 0 Å². The van der Waals surface area contributed by atoms with Gasteiger partial charge in [0.2, 0.25) is 5.91 Å². The van der Waals surface area contributed by atoms with Crippen molar-refractivity contribution in [3.63, 3.8) is 0 Å². The normalized spacial score (nSPS) is 18.4. The van der Waals surface area contributed by atoms with Gasteiger partial charge in [-0.3, -0.25) is 9.59 Å². The summed E-state index contributed by atoms with van der Waals surface area (Å²) in [6, 6.07) is 9.63. The highest BCUT2D eigenvalue weighted by molar-refractivity contribution is 5.78. The molecule has 1 aliphatic heterocycles. The van der Waals surface area contributed by atoms with Crippen molar-refractivity contribution in [2.75, 3.05) is 26.2 Å². The Labute approximate surface area is 303 Å². The van der Waals surface area contributed by atoms with Crippen molar-refractivity contribution in [3.05, 3.63) is 59.8 Å². The summed E-state index contributed by atoms with van der Waals surface area (Å²) in [5.74, 6) is 8.44. The number of rotatable bonds is 11. The third-order valence-corrected chi connectivity index (χ3v) is 8.41. The fourth-order valence-corrected chi connectivity index (χ4v) is 5.97. The summed E-state index contributed by atoms with van der Waals surface area (Å²) in [7, 11) is 0. The number of nitrogens with zero attached hydrogens (tertiary/aromatic N) is 4. The second-order valence-corrected chi connectivity index (χ2v) is 15.1. The minimum atomic E-state index is -0.625. The molecule has 3 heterocycles. The molecule has 14 nitrogen and oxygen atoms in total. The van der Waals surface area contributed by atoms with Gasteiger partial charge in [0.15, 0.2) is 11.9 Å². The maximum atomic E-state index is 12.6. The molecule has 3 aromatic rings. The summed E-state index contributed by atoms with van der Waals surface area (Å²) in [5, 5.41) is 9.41. The van der Waals surface area contributed by atoms with Gasteiger partial charge in [0.05, 0.1) is 13.0 Å². The van der Waals surface area contributed by atoms with E-state index in [1.165, 1.54) is 0 Å². The molecule has 0 radical (unpaired) electrons. The fraction of sp³-hybridized carbons (Fsp3) is 0.526. The molecule has 1 unspecified atom stereocenters. The summed E-state index contributed by atoms with van der Waals surface area (Å²) >= 11 is 0. The highest BCUT2D eigenvalue weighted by Crippen LogP contribution is 2.51. The van der Waals surface area contributed by atoms with Gasteiger partial charge in [-0.2, -0.15) is 0 Å². The molecule has 2 aromatic heterocycles. The number of carbonyl (C=O) groups is 4. The van der Waals surface area contributed by atoms with Crippen molar-refractivity contribution < 1.29 is 37.9 Å². The Morgan fingerprint density at radius 2 is 1.56 bits per heavy atom. The van der Waals surface area contributed by atoms with Crippen LogP contribution in [0.15, 0.2) is 47.2 Å². The quantitative estimate of drug-likeness (QED) is 0.155. The zero-order valence-corrected chi connectivity index (χ0v) is 30.9. The van der Waals surface area contributed by atoms with E-state index in [0.29, 0.717) is 48.7 Å². The lowest BCUT2D eigenvalue weighted by molar-refractivity contribution is -0.148. The van der Waals surface area contributed by atoms with Crippen LogP contribution in [-0.2, 0) is 30.3 Å². The first-order valence-electron chi connectivity index (χ1n) is 17.5. The van der Waals surface area contributed by atoms with Crippen LogP contribution in [-0.4, -0.2) is 81.1 Å². The molecule has 1 aromatic carbocycles. The second kappa shape index (κ2) is 15.9. The monoisotopic (exact) mass is 716 g/mol. The van der Waals surface area contributed by atoms with Crippen LogP contribution in [0.3, 0.4) is 0 Å². The first kappa shape index (κ1) is 37.9. The number of amides is 3. The van der Waals surface area contributed by atoms with E-state index in [-0.39, 0.29) is 37.8 Å². The SMILES string of the molecule is C[C@H](OC(=O)CCNC(=O)OC(C)(C)C)c1nccn1Cc1cc(-c2ccc(C#CC3[C@H]4CN(C(=O)CCNC(=O)OC(C)(C)C)C[C@@H]34)cc2)on1. The van der Waals surface area contributed by atoms with Crippen LogP contribution in [0, 0.1) is 29.6 Å². The van der Waals surface area contributed by atoms with Gasteiger partial charge in [0.1, 0.15) is 22.7 Å². The van der Waals surface area contributed by atoms with E-state index < -0.39 is 35.5 Å². The van der Waals surface area contributed by atoms with E-state index in [0.717, 1.165) is 11.1 Å². The van der Waals surface area contributed by atoms with Gasteiger partial charge < -0.3 is 38.8 Å². The Morgan fingerprint density at radius 3 is 2.17 bits per heavy atom. The first-order valence-corrected chi connectivity index (χ1v) is 17.5. The molecule has 52 heavy (non-hydrogen) atoms. The van der Waals surface area contributed by atoms with Crippen LogP contribution in [0.1, 0.15) is 84.5 Å². The predicted molar refractivity (Wildman–Crippen MR) is 189 cm³/mol. The molecule has 2 aliphatic rings. The molecular weight excluding hydrogens is 668 g/mol. The average Bonchev–Trinajstić information content (AvgIpc) is 3.52. The Kier molecular flexibility index (Phi) is 11.6. The Morgan fingerprint density at radius 1 is 0.942 bits per heavy atom. The lowest BCUT2D eigenvalue weighted by atomic mass is 10.1. The van der Waals surface area contributed by atoms with Gasteiger partial charge in [-0.15, -0.1) is 0 Å². The molecular formula is C38H48N6O8. The van der Waals surface area contributed by atoms with E-state index in [1.807, 2.05) is 39.8 Å². The van der Waals surface area contributed by atoms with Crippen LogP contribution in [0.2, 0.25) is 0 Å². The number of alkyl carbamates (subject to hydrolysis) is 2. The number of aromatic nitrogens is 3. The highest BCUT2D eigenvalue weighted by Gasteiger charge is 2.55. The second-order valence-electron chi connectivity index (χ2n) is 15.1. The van der Waals surface area contributed by atoms with E-state index in [9.17, 15) is 19.2 Å². The number of hydrogen-bond donors (Lipinski definition) is 2. The molecule has 4 atom stereocenters. The minimum absolute atomic E-state index is 0.0109. The van der Waals surface area contributed by atoms with Crippen molar-refractivity contribution in [3.8, 4) is 23.2 Å². The van der Waals surface area contributed by atoms with Crippen LogP contribution in [0.25, 0.3) is 11.3 Å². The van der Waals surface area contributed by atoms with Gasteiger partial charge in [-0.25, -0.2) is 14.6 Å². The van der Waals surface area contributed by atoms with Gasteiger partial charge in [-0.05, 0) is 84.6 Å². The first-order chi connectivity index (χ1) is 24.5. The minimum Gasteiger partial charge on any atom is -0.454 e. The van der Waals surface area contributed by atoms with Crippen molar-refractivity contribution in [1.29, 1.82) is 0 Å². The third kappa shape index (κ3) is 10.8. The Balaban J connectivity index is 1.04. The van der Waals surface area contributed by atoms with Crippen molar-refractivity contribution in [2.45, 2.75) is 85.2 Å². The van der Waals surface area contributed by atoms with Gasteiger partial charge in [0, 0.05) is 68.1 Å². The number of imidazole rings is 1. The van der Waals surface area contributed by atoms with E-state index in [4.69, 9.17) is 18.7 Å². The summed E-state index contributed by atoms with van der Waals surface area (Å²) in [4.78, 5) is 54.8. The number of esters is 1. The van der Waals surface area contributed by atoms with Crippen LogP contribution in [0.5, 0.6) is 0 Å². The number of benzene rings is 1. The zero-order valence-electron chi connectivity index (χ0n) is 30.9. The van der Waals surface area contributed by atoms with Gasteiger partial charge in [-0.1, -0.05) is 17.0 Å². The Bertz CT molecular complexity index is 1790. The molecule has 3 amide bonds. The topological polar surface area (TPSA) is 167 Å². The number of hydrogen-bond acceptors (Lipinski definition) is 10. The zero-order chi connectivity index (χ0) is 37.6. The van der Waals surface area contributed by atoms with Crippen LogP contribution >= 0.6 is 0 Å². The number of fused-ring (bicyclic) bond motifs is 1. The van der Waals surface area contributed by atoms with Crippen molar-refractivity contribution >= 4 is 24.1 Å². The highest BCUT2D eigenvalue weighted by atomic mass is 16.6. The Hall–Kier alpha value is -5.32. The summed E-state index contributed by atoms with van der Waals surface area (Å²) < 4.78 is 23.4. The standard InChI is InChI=1S/C38H48N6O8/c1-24(49-33(46)15-17-41-36(48)51-38(5,6)7)34-39-18-19-43(34)21-27-20-31(52-42-27)26-11-8-25(9-12-26)10-13-28-29-22-44(23-30(28)29)32(45)14-16-40-35(47)50-37(2,3)4/h8-9,11-12,18-20,24,28-30H,14-17,21-23H2,1-7H3,(H,40,47)(H,41,48)/t24-,28?,29-,30+/m0/s1. The summed E-state index contributed by atoms with van der Waals surface area (Å²) in [6.07, 6.45) is 1.91. The van der Waals surface area contributed by atoms with E-state index in [2.05, 4.69) is 32.6 Å². The molecule has 0 bridgehead atoms. The molecule has 2 fully saturated rings. The maximum absolute atomic E-state index is 12.6. The number of carbonyl (C=O) groups excluding carboxylic acids is 4. The van der Waals surface area contributed by atoms with Gasteiger partial charge >= 0.3 is 18.2 Å². The number of ether oxygens (including phenoxy) is 3. The van der Waals surface area contributed by atoms with Crippen molar-refractivity contribution in [1.82, 2.24) is 30.2 Å². The number of nitrogens with one attached hydrogen (secondary N) is 2. The molecule has 1 saturated heterocycles.